The molecule has 0 spiro atoms. The second kappa shape index (κ2) is 14.6. The van der Waals surface area contributed by atoms with Gasteiger partial charge in [-0.05, 0) is 68.1 Å². The molecule has 14 nitrogen and oxygen atoms in total. The molecule has 2 aliphatic carbocycles. The Morgan fingerprint density at radius 1 is 1.12 bits per heavy atom. The molecule has 3 fully saturated rings. The molecule has 0 radical (unpaired) electrons. The fourth-order valence-corrected chi connectivity index (χ4v) is 8.64. The summed E-state index contributed by atoms with van der Waals surface area (Å²) in [7, 11) is -3.89. The van der Waals surface area contributed by atoms with E-state index in [2.05, 4.69) is 28.0 Å². The minimum atomic E-state index is -3.89. The van der Waals surface area contributed by atoms with E-state index in [9.17, 15) is 32.4 Å². The summed E-state index contributed by atoms with van der Waals surface area (Å²) in [5.41, 5.74) is 1.73. The number of carbonyl (C=O) groups is 5. The van der Waals surface area contributed by atoms with Crippen LogP contribution in [0.3, 0.4) is 0 Å². The zero-order chi connectivity index (χ0) is 35.6. The summed E-state index contributed by atoms with van der Waals surface area (Å²) in [5, 5.41) is 4.79. The van der Waals surface area contributed by atoms with E-state index in [1.54, 1.807) is 4.90 Å². The van der Waals surface area contributed by atoms with Crippen molar-refractivity contribution in [2.75, 3.05) is 13.2 Å². The number of aryl methyl sites for hydroxylation is 1. The van der Waals surface area contributed by atoms with Crippen molar-refractivity contribution in [2.24, 2.45) is 5.92 Å². The van der Waals surface area contributed by atoms with Gasteiger partial charge in [0.05, 0.1) is 18.4 Å². The van der Waals surface area contributed by atoms with Crippen molar-refractivity contribution >= 4 is 39.9 Å². The molecule has 15 heteroatoms. The molecule has 3 heterocycles. The molecule has 2 saturated carbocycles. The molecule has 272 valence electrons. The van der Waals surface area contributed by atoms with Crippen molar-refractivity contribution < 1.29 is 41.9 Å². The number of alkyl carbamates (subject to hydrolysis) is 1. The van der Waals surface area contributed by atoms with Crippen LogP contribution in [0.1, 0.15) is 87.8 Å². The van der Waals surface area contributed by atoms with E-state index in [0.717, 1.165) is 42.4 Å². The van der Waals surface area contributed by atoms with Gasteiger partial charge in [0.25, 0.3) is 5.91 Å². The highest BCUT2D eigenvalue weighted by Crippen LogP contribution is 2.45. The highest BCUT2D eigenvalue weighted by atomic mass is 32.2. The van der Waals surface area contributed by atoms with Crippen LogP contribution in [0, 0.1) is 5.92 Å². The summed E-state index contributed by atoms with van der Waals surface area (Å²) in [4.78, 5) is 70.9. The van der Waals surface area contributed by atoms with Gasteiger partial charge >= 0.3 is 12.2 Å². The Balaban J connectivity index is 1.25. The maximum Gasteiger partial charge on any atom is 0.410 e. The number of benzene rings is 1. The molecule has 3 N–H and O–H groups in total. The fraction of sp³-hybridized carbons (Fsp3) is 0.629. The normalized spacial score (nSPS) is 28.7. The van der Waals surface area contributed by atoms with Gasteiger partial charge in [-0.2, -0.15) is 0 Å². The SMILES string of the molecule is C=C[C@H]1C[C@]1(NC(=O)[C@@H]1C[C@@H]2CN1C(=O)[C@H](CCCC)NC(=O)OCCCCCc1cccc3c1CN(C3)C(=O)O2)C(=O)NS(=O)(=O)C1CC1. The van der Waals surface area contributed by atoms with Gasteiger partial charge in [0.2, 0.25) is 21.8 Å². The maximum atomic E-state index is 14.2. The van der Waals surface area contributed by atoms with Crippen LogP contribution in [0.2, 0.25) is 0 Å². The molecular formula is C35H47N5O9S. The van der Waals surface area contributed by atoms with Crippen LogP contribution in [0.5, 0.6) is 0 Å². The summed E-state index contributed by atoms with van der Waals surface area (Å²) in [6.07, 6.45) is 5.13. The summed E-state index contributed by atoms with van der Waals surface area (Å²) in [6, 6.07) is 3.85. The summed E-state index contributed by atoms with van der Waals surface area (Å²) in [5.74, 6) is -2.62. The molecule has 0 aromatic heterocycles. The zero-order valence-corrected chi connectivity index (χ0v) is 29.3. The monoisotopic (exact) mass is 713 g/mol. The van der Waals surface area contributed by atoms with Crippen LogP contribution in [-0.2, 0) is 53.4 Å². The number of nitrogens with zero attached hydrogens (tertiary/aromatic N) is 2. The van der Waals surface area contributed by atoms with E-state index in [1.807, 2.05) is 19.1 Å². The first-order valence-corrected chi connectivity index (χ1v) is 19.3. The largest absolute Gasteiger partial charge is 0.450 e. The quantitative estimate of drug-likeness (QED) is 0.325. The number of fused-ring (bicyclic) bond motifs is 3. The van der Waals surface area contributed by atoms with E-state index in [1.165, 1.54) is 11.0 Å². The number of rotatable bonds is 9. The first-order valence-electron chi connectivity index (χ1n) is 17.7. The predicted octanol–water partition coefficient (Wildman–Crippen LogP) is 2.79. The van der Waals surface area contributed by atoms with Gasteiger partial charge in [-0.1, -0.05) is 44.0 Å². The second-order valence-corrected chi connectivity index (χ2v) is 16.1. The molecule has 5 amide bonds. The highest BCUT2D eigenvalue weighted by molar-refractivity contribution is 7.91. The lowest BCUT2D eigenvalue weighted by molar-refractivity contribution is -0.141. The molecule has 1 saturated heterocycles. The third kappa shape index (κ3) is 7.62. The van der Waals surface area contributed by atoms with E-state index < -0.39 is 74.8 Å². The third-order valence-corrected chi connectivity index (χ3v) is 12.3. The molecule has 1 aromatic carbocycles. The first kappa shape index (κ1) is 35.7. The van der Waals surface area contributed by atoms with E-state index in [4.69, 9.17) is 9.47 Å². The maximum absolute atomic E-state index is 14.2. The molecule has 5 aliphatic rings. The van der Waals surface area contributed by atoms with E-state index in [0.29, 0.717) is 38.8 Å². The smallest absolute Gasteiger partial charge is 0.410 e. The molecule has 4 bridgehead atoms. The van der Waals surface area contributed by atoms with Crippen LogP contribution >= 0.6 is 0 Å². The average Bonchev–Trinajstić information content (AvgIpc) is 3.98. The van der Waals surface area contributed by atoms with Crippen molar-refractivity contribution in [3.05, 3.63) is 47.5 Å². The van der Waals surface area contributed by atoms with E-state index >= 15 is 0 Å². The Labute approximate surface area is 292 Å². The Kier molecular flexibility index (Phi) is 10.4. The molecule has 50 heavy (non-hydrogen) atoms. The lowest BCUT2D eigenvalue weighted by atomic mass is 9.99. The van der Waals surface area contributed by atoms with Gasteiger partial charge in [0.15, 0.2) is 0 Å². The highest BCUT2D eigenvalue weighted by Gasteiger charge is 2.62. The van der Waals surface area contributed by atoms with Crippen molar-refractivity contribution in [1.29, 1.82) is 0 Å². The topological polar surface area (TPSA) is 181 Å². The van der Waals surface area contributed by atoms with Crippen molar-refractivity contribution in [3.63, 3.8) is 0 Å². The minimum Gasteiger partial charge on any atom is -0.450 e. The number of hydrogen-bond donors (Lipinski definition) is 3. The lowest BCUT2D eigenvalue weighted by Crippen LogP contribution is -2.58. The third-order valence-electron chi connectivity index (χ3n) is 10.5. The van der Waals surface area contributed by atoms with Crippen molar-refractivity contribution in [3.8, 4) is 0 Å². The average molecular weight is 714 g/mol. The number of hydrogen-bond acceptors (Lipinski definition) is 9. The van der Waals surface area contributed by atoms with Crippen LogP contribution in [-0.4, -0.2) is 90.3 Å². The van der Waals surface area contributed by atoms with Gasteiger partial charge in [-0.3, -0.25) is 24.0 Å². The number of unbranched alkanes of at least 4 members (excludes halogenated alkanes) is 1. The Bertz CT molecular complexity index is 1650. The van der Waals surface area contributed by atoms with E-state index in [-0.39, 0.29) is 32.4 Å². The van der Waals surface area contributed by atoms with Crippen LogP contribution in [0.15, 0.2) is 30.9 Å². The molecule has 0 unspecified atom stereocenters. The Morgan fingerprint density at radius 3 is 2.62 bits per heavy atom. The molecule has 3 aliphatic heterocycles. The first-order chi connectivity index (χ1) is 24.0. The Hall–Kier alpha value is -4.14. The zero-order valence-electron chi connectivity index (χ0n) is 28.5. The number of ether oxygens (including phenoxy) is 2. The van der Waals surface area contributed by atoms with Gasteiger partial charge < -0.3 is 25.0 Å². The Morgan fingerprint density at radius 2 is 1.90 bits per heavy atom. The van der Waals surface area contributed by atoms with Crippen LogP contribution in [0.4, 0.5) is 9.59 Å². The van der Waals surface area contributed by atoms with Gasteiger partial charge in [0.1, 0.15) is 23.7 Å². The van der Waals surface area contributed by atoms with Crippen molar-refractivity contribution in [1.82, 2.24) is 25.2 Å². The standard InChI is InChI=1S/C35H47N5O9S/c1-3-5-13-28-31(42)40-20-25(17-29(40)30(41)37-35(18-24(35)4-2)32(43)38-50(46,47)26-14-15-26)49-34(45)39-19-23-12-9-11-22(27(23)21-39)10-7-6-8-16-48-33(44)36-28/h4,9,11-12,24-26,28-29H,2-3,5-8,10,13-21H2,1H3,(H,36,44)(H,37,41)(H,38,43)/t24-,25+,28-,29-,35+/m0/s1. The minimum absolute atomic E-state index is 0.0584. The second-order valence-electron chi connectivity index (χ2n) is 14.1. The molecule has 6 rings (SSSR count). The number of sulfonamides is 1. The lowest BCUT2D eigenvalue weighted by Gasteiger charge is -2.29. The van der Waals surface area contributed by atoms with Crippen LogP contribution < -0.4 is 15.4 Å². The number of nitrogens with one attached hydrogen (secondary N) is 3. The molecular weight excluding hydrogens is 666 g/mol. The summed E-state index contributed by atoms with van der Waals surface area (Å²) in [6.45, 7) is 6.53. The van der Waals surface area contributed by atoms with Gasteiger partial charge in [-0.15, -0.1) is 6.58 Å². The summed E-state index contributed by atoms with van der Waals surface area (Å²) >= 11 is 0. The van der Waals surface area contributed by atoms with Gasteiger partial charge in [0, 0.05) is 25.4 Å². The fourth-order valence-electron chi connectivity index (χ4n) is 7.27. The predicted molar refractivity (Wildman–Crippen MR) is 181 cm³/mol. The van der Waals surface area contributed by atoms with Crippen LogP contribution in [0.25, 0.3) is 0 Å². The van der Waals surface area contributed by atoms with Gasteiger partial charge in [-0.25, -0.2) is 18.0 Å². The van der Waals surface area contributed by atoms with Crippen molar-refractivity contribution in [2.45, 2.75) is 120 Å². The molecule has 5 atom stereocenters. The number of cyclic esters (lactones) is 1. The number of carbonyl (C=O) groups excluding carboxylic acids is 5. The number of amides is 5. The summed E-state index contributed by atoms with van der Waals surface area (Å²) < 4.78 is 38.7. The molecule has 1 aromatic rings.